The highest BCUT2D eigenvalue weighted by Gasteiger charge is 2.11. The second-order valence-corrected chi connectivity index (χ2v) is 5.09. The molecule has 0 aliphatic heterocycles. The topological polar surface area (TPSA) is 38.0 Å². The van der Waals surface area contributed by atoms with E-state index < -0.39 is 0 Å². The Hall–Kier alpha value is -1.35. The van der Waals surface area contributed by atoms with E-state index in [4.69, 9.17) is 17.3 Å². The summed E-state index contributed by atoms with van der Waals surface area (Å²) < 4.78 is 0. The molecule has 2 aromatic carbocycles. The molecular weight excluding hydrogens is 256 g/mol. The van der Waals surface area contributed by atoms with Crippen molar-refractivity contribution in [3.05, 3.63) is 70.2 Å². The van der Waals surface area contributed by atoms with Crippen LogP contribution < -0.4 is 11.1 Å². The Morgan fingerprint density at radius 1 is 1.16 bits per heavy atom. The number of nitrogens with two attached hydrogens (primary N) is 1. The third-order valence-corrected chi connectivity index (χ3v) is 3.47. The summed E-state index contributed by atoms with van der Waals surface area (Å²) in [7, 11) is 0. The highest BCUT2D eigenvalue weighted by molar-refractivity contribution is 6.30. The molecule has 0 radical (unpaired) electrons. The van der Waals surface area contributed by atoms with Crippen molar-refractivity contribution in [2.24, 2.45) is 5.73 Å². The van der Waals surface area contributed by atoms with Crippen LogP contribution >= 0.6 is 11.6 Å². The van der Waals surface area contributed by atoms with E-state index in [2.05, 4.69) is 24.4 Å². The molecule has 0 spiro atoms. The van der Waals surface area contributed by atoms with Crippen LogP contribution in [-0.2, 0) is 6.54 Å². The normalized spacial score (nSPS) is 12.4. The van der Waals surface area contributed by atoms with Crippen LogP contribution in [0.15, 0.2) is 48.5 Å². The fourth-order valence-corrected chi connectivity index (χ4v) is 2.41. The first kappa shape index (κ1) is 14.1. The van der Waals surface area contributed by atoms with Gasteiger partial charge in [0.15, 0.2) is 0 Å². The van der Waals surface area contributed by atoms with Crippen molar-refractivity contribution >= 4 is 11.6 Å². The minimum absolute atomic E-state index is 0.150. The number of rotatable bonds is 5. The molecule has 3 N–H and O–H groups in total. The quantitative estimate of drug-likeness (QED) is 0.877. The van der Waals surface area contributed by atoms with Gasteiger partial charge in [-0.1, -0.05) is 48.0 Å². The molecule has 19 heavy (non-hydrogen) atoms. The fraction of sp³-hybridized carbons (Fsp3) is 0.250. The summed E-state index contributed by atoms with van der Waals surface area (Å²) in [4.78, 5) is 0. The number of aryl methyl sites for hydroxylation is 1. The molecule has 1 unspecified atom stereocenters. The maximum absolute atomic E-state index is 5.99. The van der Waals surface area contributed by atoms with Crippen molar-refractivity contribution in [3.8, 4) is 0 Å². The number of hydrogen-bond acceptors (Lipinski definition) is 2. The minimum atomic E-state index is 0.150. The predicted octanol–water partition coefficient (Wildman–Crippen LogP) is 3.44. The highest BCUT2D eigenvalue weighted by atomic mass is 35.5. The largest absolute Gasteiger partial charge is 0.329 e. The summed E-state index contributed by atoms with van der Waals surface area (Å²) in [5.74, 6) is 0. The third kappa shape index (κ3) is 3.80. The summed E-state index contributed by atoms with van der Waals surface area (Å²) in [6.07, 6.45) is 0. The van der Waals surface area contributed by atoms with Crippen LogP contribution in [-0.4, -0.2) is 6.54 Å². The summed E-state index contributed by atoms with van der Waals surface area (Å²) in [6, 6.07) is 16.4. The highest BCUT2D eigenvalue weighted by Crippen LogP contribution is 2.21. The van der Waals surface area contributed by atoms with E-state index in [1.165, 1.54) is 16.7 Å². The Labute approximate surface area is 119 Å². The summed E-state index contributed by atoms with van der Waals surface area (Å²) >= 11 is 5.99. The van der Waals surface area contributed by atoms with Crippen molar-refractivity contribution in [1.82, 2.24) is 5.32 Å². The van der Waals surface area contributed by atoms with Gasteiger partial charge in [0.1, 0.15) is 0 Å². The van der Waals surface area contributed by atoms with Crippen LogP contribution in [0.4, 0.5) is 0 Å². The zero-order valence-electron chi connectivity index (χ0n) is 11.1. The third-order valence-electron chi connectivity index (χ3n) is 3.24. The van der Waals surface area contributed by atoms with Gasteiger partial charge in [-0.15, -0.1) is 0 Å². The molecule has 0 saturated carbocycles. The van der Waals surface area contributed by atoms with Gasteiger partial charge in [-0.25, -0.2) is 0 Å². The van der Waals surface area contributed by atoms with Gasteiger partial charge in [0.2, 0.25) is 0 Å². The van der Waals surface area contributed by atoms with Gasteiger partial charge in [0.05, 0.1) is 0 Å². The SMILES string of the molecule is Cc1cc(Cl)ccc1C(CN)NCc1ccccc1. The molecule has 0 aliphatic rings. The zero-order chi connectivity index (χ0) is 13.7. The van der Waals surface area contributed by atoms with Crippen LogP contribution in [0.1, 0.15) is 22.7 Å². The molecule has 1 atom stereocenters. The smallest absolute Gasteiger partial charge is 0.0449 e. The van der Waals surface area contributed by atoms with E-state index in [0.717, 1.165) is 11.6 Å². The standard InChI is InChI=1S/C16H19ClN2/c1-12-9-14(17)7-8-15(12)16(10-18)19-11-13-5-3-2-4-6-13/h2-9,16,19H,10-11,18H2,1H3. The first-order valence-corrected chi connectivity index (χ1v) is 6.82. The monoisotopic (exact) mass is 274 g/mol. The lowest BCUT2D eigenvalue weighted by Crippen LogP contribution is -2.28. The van der Waals surface area contributed by atoms with Crippen molar-refractivity contribution in [3.63, 3.8) is 0 Å². The molecule has 0 aliphatic carbocycles. The van der Waals surface area contributed by atoms with Crippen molar-refractivity contribution in [1.29, 1.82) is 0 Å². The van der Waals surface area contributed by atoms with Crippen LogP contribution in [0, 0.1) is 6.92 Å². The first-order chi connectivity index (χ1) is 9.20. The zero-order valence-corrected chi connectivity index (χ0v) is 11.8. The van der Waals surface area contributed by atoms with Crippen LogP contribution in [0.3, 0.4) is 0 Å². The molecule has 2 nitrogen and oxygen atoms in total. The van der Waals surface area contributed by atoms with Crippen LogP contribution in [0.25, 0.3) is 0 Å². The van der Waals surface area contributed by atoms with E-state index in [9.17, 15) is 0 Å². The molecule has 0 heterocycles. The van der Waals surface area contributed by atoms with Crippen molar-refractivity contribution in [2.45, 2.75) is 19.5 Å². The lowest BCUT2D eigenvalue weighted by atomic mass is 10.0. The average molecular weight is 275 g/mol. The van der Waals surface area contributed by atoms with E-state index in [1.807, 2.05) is 36.4 Å². The van der Waals surface area contributed by atoms with E-state index in [-0.39, 0.29) is 6.04 Å². The van der Waals surface area contributed by atoms with Crippen LogP contribution in [0.2, 0.25) is 5.02 Å². The lowest BCUT2D eigenvalue weighted by molar-refractivity contribution is 0.539. The fourth-order valence-electron chi connectivity index (χ4n) is 2.19. The summed E-state index contributed by atoms with van der Waals surface area (Å²) in [6.45, 7) is 3.44. The number of nitrogens with one attached hydrogen (secondary N) is 1. The van der Waals surface area contributed by atoms with Gasteiger partial charge in [-0.3, -0.25) is 0 Å². The summed E-state index contributed by atoms with van der Waals surface area (Å²) in [5, 5.41) is 4.26. The molecule has 0 saturated heterocycles. The second-order valence-electron chi connectivity index (χ2n) is 4.66. The molecule has 2 rings (SSSR count). The first-order valence-electron chi connectivity index (χ1n) is 6.44. The minimum Gasteiger partial charge on any atom is -0.329 e. The molecule has 0 bridgehead atoms. The molecule has 0 aromatic heterocycles. The van der Waals surface area contributed by atoms with E-state index in [1.54, 1.807) is 0 Å². The molecule has 3 heteroatoms. The van der Waals surface area contributed by atoms with Gasteiger partial charge in [0, 0.05) is 24.2 Å². The van der Waals surface area contributed by atoms with Crippen LogP contribution in [0.5, 0.6) is 0 Å². The van der Waals surface area contributed by atoms with E-state index >= 15 is 0 Å². The number of hydrogen-bond donors (Lipinski definition) is 2. The average Bonchev–Trinajstić information content (AvgIpc) is 2.42. The van der Waals surface area contributed by atoms with Gasteiger partial charge in [-0.05, 0) is 35.7 Å². The maximum atomic E-state index is 5.99. The number of halogens is 1. The van der Waals surface area contributed by atoms with Gasteiger partial charge in [0.25, 0.3) is 0 Å². The van der Waals surface area contributed by atoms with Crippen molar-refractivity contribution in [2.75, 3.05) is 6.54 Å². The Morgan fingerprint density at radius 2 is 1.89 bits per heavy atom. The summed E-state index contributed by atoms with van der Waals surface area (Å²) in [5.41, 5.74) is 9.52. The molecular formula is C16H19ClN2. The van der Waals surface area contributed by atoms with E-state index in [0.29, 0.717) is 6.54 Å². The Bertz CT molecular complexity index is 526. The van der Waals surface area contributed by atoms with Gasteiger partial charge in [-0.2, -0.15) is 0 Å². The van der Waals surface area contributed by atoms with Gasteiger partial charge < -0.3 is 11.1 Å². The molecule has 100 valence electrons. The Balaban J connectivity index is 2.08. The second kappa shape index (κ2) is 6.71. The predicted molar refractivity (Wildman–Crippen MR) is 81.3 cm³/mol. The van der Waals surface area contributed by atoms with Crippen molar-refractivity contribution < 1.29 is 0 Å². The molecule has 2 aromatic rings. The Morgan fingerprint density at radius 3 is 2.53 bits per heavy atom. The number of benzene rings is 2. The molecule has 0 fully saturated rings. The Kier molecular flexibility index (Phi) is 4.97. The lowest BCUT2D eigenvalue weighted by Gasteiger charge is -2.19. The van der Waals surface area contributed by atoms with Gasteiger partial charge >= 0.3 is 0 Å². The molecule has 0 amide bonds. The maximum Gasteiger partial charge on any atom is 0.0449 e.